The Morgan fingerprint density at radius 1 is 0.422 bits per heavy atom. The van der Waals surface area contributed by atoms with Crippen LogP contribution in [0.1, 0.15) is 94.2 Å². The van der Waals surface area contributed by atoms with E-state index in [0.29, 0.717) is 33.2 Å². The lowest BCUT2D eigenvalue weighted by Crippen LogP contribution is -2.43. The van der Waals surface area contributed by atoms with Gasteiger partial charge in [-0.05, 0) is 67.6 Å². The third-order valence-electron chi connectivity index (χ3n) is 11.1. The Morgan fingerprint density at radius 3 is 1.22 bits per heavy atom. The highest BCUT2D eigenvalue weighted by Crippen LogP contribution is 2.44. The van der Waals surface area contributed by atoms with Crippen molar-refractivity contribution >= 4 is 69.2 Å². The largest absolute Gasteiger partial charge is 0.146 e. The summed E-state index contributed by atoms with van der Waals surface area (Å²) in [5.74, 6) is 7.90. The summed E-state index contributed by atoms with van der Waals surface area (Å²) in [6.07, 6.45) is 0. The normalized spacial score (nSPS) is 12.8. The van der Waals surface area contributed by atoms with Gasteiger partial charge in [0, 0.05) is 36.7 Å². The van der Waals surface area contributed by atoms with Crippen LogP contribution in [-0.4, -0.2) is 16.1 Å². The maximum atomic E-state index is 4.09. The molecule has 3 heteroatoms. The first-order valence-electron chi connectivity index (χ1n) is 17.1. The molecule has 0 aliphatic carbocycles. The molecule has 0 radical (unpaired) electrons. The molecule has 0 nitrogen and oxygen atoms in total. The van der Waals surface area contributed by atoms with Gasteiger partial charge in [0.1, 0.15) is 16.1 Å². The van der Waals surface area contributed by atoms with Crippen molar-refractivity contribution in [1.82, 2.24) is 0 Å². The van der Waals surface area contributed by atoms with Gasteiger partial charge in [-0.25, -0.2) is 0 Å². The van der Waals surface area contributed by atoms with E-state index in [-0.39, 0.29) is 0 Å². The molecule has 234 valence electrons. The Kier molecular flexibility index (Phi) is 9.51. The monoisotopic (exact) mass is 644 g/mol. The topological polar surface area (TPSA) is 0 Å². The zero-order valence-electron chi connectivity index (χ0n) is 29.6. The van der Waals surface area contributed by atoms with Crippen molar-refractivity contribution in [1.29, 1.82) is 0 Å². The molecule has 0 fully saturated rings. The summed E-state index contributed by atoms with van der Waals surface area (Å²) in [5.41, 5.74) is 14.1. The van der Waals surface area contributed by atoms with E-state index in [9.17, 15) is 0 Å². The molecule has 5 aromatic rings. The second-order valence-electron chi connectivity index (χ2n) is 15.1. The average molecular weight is 645 g/mol. The Hall–Kier alpha value is -2.83. The van der Waals surface area contributed by atoms with Crippen molar-refractivity contribution in [2.24, 2.45) is 0 Å². The van der Waals surface area contributed by atoms with Gasteiger partial charge in [-0.2, -0.15) is 0 Å². The molecular formula is C42H52SSi2. The van der Waals surface area contributed by atoms with E-state index in [1.54, 1.807) is 0 Å². The van der Waals surface area contributed by atoms with Crippen LogP contribution in [0.2, 0.25) is 33.2 Å². The molecule has 0 spiro atoms. The molecular weight excluding hydrogens is 593 g/mol. The summed E-state index contributed by atoms with van der Waals surface area (Å²) in [6.45, 7) is 28.9. The zero-order valence-corrected chi connectivity index (χ0v) is 32.5. The van der Waals surface area contributed by atoms with Gasteiger partial charge < -0.3 is 0 Å². The molecule has 1 aromatic heterocycles. The van der Waals surface area contributed by atoms with E-state index in [1.165, 1.54) is 52.8 Å². The highest BCUT2D eigenvalue weighted by molar-refractivity contribution is 7.25. The lowest BCUT2D eigenvalue weighted by Gasteiger charge is -2.38. The van der Waals surface area contributed by atoms with Gasteiger partial charge >= 0.3 is 0 Å². The number of thiophene rings is 1. The molecule has 1 heterocycles. The lowest BCUT2D eigenvalue weighted by atomic mass is 9.91. The van der Waals surface area contributed by atoms with Gasteiger partial charge in [-0.3, -0.25) is 0 Å². The number of hydrogen-bond donors (Lipinski definition) is 0. The van der Waals surface area contributed by atoms with Crippen LogP contribution in [0.4, 0.5) is 0 Å². The molecule has 0 saturated carbocycles. The van der Waals surface area contributed by atoms with Crippen LogP contribution in [-0.2, 0) is 0 Å². The first-order chi connectivity index (χ1) is 21.3. The van der Waals surface area contributed by atoms with Crippen molar-refractivity contribution in [3.8, 4) is 22.9 Å². The summed E-state index contributed by atoms with van der Waals surface area (Å²) in [6, 6.07) is 22.7. The van der Waals surface area contributed by atoms with Gasteiger partial charge in [0.2, 0.25) is 0 Å². The second kappa shape index (κ2) is 12.8. The minimum Gasteiger partial charge on any atom is -0.135 e. The van der Waals surface area contributed by atoms with E-state index < -0.39 is 16.1 Å². The van der Waals surface area contributed by atoms with Crippen LogP contribution < -0.4 is 0 Å². The second-order valence-corrected chi connectivity index (χ2v) is 27.3. The minimum absolute atomic E-state index is 0.585. The predicted octanol–water partition coefficient (Wildman–Crippen LogP) is 13.5. The molecule has 5 rings (SSSR count). The molecule has 0 aliphatic rings. The fourth-order valence-corrected chi connectivity index (χ4v) is 20.4. The minimum atomic E-state index is -1.94. The number of fused-ring (bicyclic) bond motifs is 5. The third kappa shape index (κ3) is 5.50. The molecule has 0 N–H and O–H groups in total. The van der Waals surface area contributed by atoms with E-state index in [2.05, 4.69) is 167 Å². The summed E-state index contributed by atoms with van der Waals surface area (Å²) >= 11 is 1.90. The molecule has 4 aromatic carbocycles. The van der Waals surface area contributed by atoms with Gasteiger partial charge in [0.25, 0.3) is 0 Å². The molecule has 0 amide bonds. The fraction of sp³-hybridized carbons (Fsp3) is 0.429. The predicted molar refractivity (Wildman–Crippen MR) is 210 cm³/mol. The SMILES string of the molecule is CC(C)[Si](C#Cc1c2ccccc2c(C#C[Si](C(C)C)(C(C)C)C(C)C)c2cc3c(cc12)sc1ccccc13)(C(C)C)C(C)C. The van der Waals surface area contributed by atoms with Crippen molar-refractivity contribution in [2.75, 3.05) is 0 Å². The molecule has 0 bridgehead atoms. The first-order valence-corrected chi connectivity index (χ1v) is 22.4. The molecule has 0 saturated heterocycles. The molecule has 0 aliphatic heterocycles. The van der Waals surface area contributed by atoms with Crippen LogP contribution in [0.5, 0.6) is 0 Å². The molecule has 0 atom stereocenters. The van der Waals surface area contributed by atoms with Gasteiger partial charge in [-0.15, -0.1) is 22.4 Å². The number of hydrogen-bond acceptors (Lipinski definition) is 1. The summed E-state index contributed by atoms with van der Waals surface area (Å²) in [5, 5.41) is 7.66. The van der Waals surface area contributed by atoms with Crippen LogP contribution in [0.15, 0.2) is 60.7 Å². The van der Waals surface area contributed by atoms with Gasteiger partial charge in [-0.1, -0.05) is 137 Å². The Labute approximate surface area is 279 Å². The van der Waals surface area contributed by atoms with Gasteiger partial charge in [0.05, 0.1) is 0 Å². The maximum Gasteiger partial charge on any atom is 0.146 e. The maximum absolute atomic E-state index is 4.09. The summed E-state index contributed by atoms with van der Waals surface area (Å²) in [4.78, 5) is 0. The van der Waals surface area contributed by atoms with Gasteiger partial charge in [0.15, 0.2) is 0 Å². The van der Waals surface area contributed by atoms with Crippen molar-refractivity contribution in [3.63, 3.8) is 0 Å². The van der Waals surface area contributed by atoms with E-state index in [4.69, 9.17) is 0 Å². The lowest BCUT2D eigenvalue weighted by molar-refractivity contribution is 0.838. The Balaban J connectivity index is 1.98. The van der Waals surface area contributed by atoms with Crippen molar-refractivity contribution in [3.05, 3.63) is 71.8 Å². The van der Waals surface area contributed by atoms with Crippen LogP contribution in [0.3, 0.4) is 0 Å². The number of rotatable bonds is 6. The summed E-state index contributed by atoms with van der Waals surface area (Å²) in [7, 11) is -3.88. The van der Waals surface area contributed by atoms with Crippen LogP contribution in [0, 0.1) is 22.9 Å². The molecule has 45 heavy (non-hydrogen) atoms. The zero-order chi connectivity index (χ0) is 32.8. The standard InChI is InChI=1S/C42H52SSi2/c1-27(2)44(28(3)4,29(5)6)23-21-35-33-17-13-14-18-34(33)36(22-24-45(30(7)8,31(9)10)32(11)12)39-26-42-40(25-38(35)39)37-19-15-16-20-41(37)43-42/h13-20,25-32H,1-12H3. The van der Waals surface area contributed by atoms with Crippen molar-refractivity contribution < 1.29 is 0 Å². The van der Waals surface area contributed by atoms with Crippen LogP contribution >= 0.6 is 11.3 Å². The highest BCUT2D eigenvalue weighted by Gasteiger charge is 2.42. The van der Waals surface area contributed by atoms with E-state index in [0.717, 1.165) is 0 Å². The smallest absolute Gasteiger partial charge is 0.135 e. The number of benzene rings is 4. The molecule has 0 unspecified atom stereocenters. The highest BCUT2D eigenvalue weighted by atomic mass is 32.1. The third-order valence-corrected chi connectivity index (χ3v) is 24.8. The fourth-order valence-electron chi connectivity index (χ4n) is 8.87. The average Bonchev–Trinajstić information content (AvgIpc) is 3.33. The Morgan fingerprint density at radius 2 is 0.800 bits per heavy atom. The first kappa shape index (κ1) is 33.5. The van der Waals surface area contributed by atoms with E-state index >= 15 is 0 Å². The summed E-state index contributed by atoms with van der Waals surface area (Å²) < 4.78 is 2.67. The quantitative estimate of drug-likeness (QED) is 0.0980. The van der Waals surface area contributed by atoms with Crippen LogP contribution in [0.25, 0.3) is 41.7 Å². The van der Waals surface area contributed by atoms with Crippen molar-refractivity contribution in [2.45, 2.75) is 116 Å². The van der Waals surface area contributed by atoms with E-state index in [1.807, 2.05) is 11.3 Å². The Bertz CT molecular complexity index is 1950.